The van der Waals surface area contributed by atoms with Gasteiger partial charge in [0.25, 0.3) is 0 Å². The predicted molar refractivity (Wildman–Crippen MR) is 106 cm³/mol. The minimum Gasteiger partial charge on any atom is -0.507 e. The molecule has 140 valence electrons. The van der Waals surface area contributed by atoms with Crippen LogP contribution in [0.1, 0.15) is 46.8 Å². The molecule has 0 saturated carbocycles. The molecule has 0 atom stereocenters. The molecule has 4 heteroatoms. The van der Waals surface area contributed by atoms with Crippen LogP contribution in [-0.4, -0.2) is 28.9 Å². The third-order valence-corrected chi connectivity index (χ3v) is 5.55. The zero-order valence-electron chi connectivity index (χ0n) is 15.9. The van der Waals surface area contributed by atoms with E-state index in [9.17, 15) is 9.90 Å². The van der Waals surface area contributed by atoms with E-state index in [-0.39, 0.29) is 11.5 Å². The topological polar surface area (TPSA) is 49.8 Å². The molecule has 1 fully saturated rings. The summed E-state index contributed by atoms with van der Waals surface area (Å²) in [5.74, 6) is 1.64. The first-order valence-corrected chi connectivity index (χ1v) is 9.59. The van der Waals surface area contributed by atoms with Crippen LogP contribution in [0, 0.1) is 12.8 Å². The molecule has 2 aromatic rings. The van der Waals surface area contributed by atoms with E-state index in [1.165, 1.54) is 5.56 Å². The highest BCUT2D eigenvalue weighted by atomic mass is 16.5. The smallest absolute Gasteiger partial charge is 0.231 e. The van der Waals surface area contributed by atoms with Crippen LogP contribution >= 0.6 is 0 Å². The van der Waals surface area contributed by atoms with Crippen LogP contribution in [0.5, 0.6) is 11.5 Å². The van der Waals surface area contributed by atoms with Gasteiger partial charge in [-0.15, -0.1) is 0 Å². The van der Waals surface area contributed by atoms with Gasteiger partial charge >= 0.3 is 0 Å². The minimum absolute atomic E-state index is 0.126. The van der Waals surface area contributed by atoms with Crippen LogP contribution in [0.3, 0.4) is 0 Å². The highest BCUT2D eigenvalue weighted by molar-refractivity contribution is 6.15. The molecule has 2 aliphatic rings. The van der Waals surface area contributed by atoms with Gasteiger partial charge in [0.15, 0.2) is 5.76 Å². The largest absolute Gasteiger partial charge is 0.507 e. The number of phenolic OH excluding ortho intramolecular Hbond substituents is 1. The molecular formula is C23H25NO3. The normalized spacial score (nSPS) is 19.3. The van der Waals surface area contributed by atoms with E-state index in [2.05, 4.69) is 11.8 Å². The Bertz CT molecular complexity index is 891. The minimum atomic E-state index is -0.126. The van der Waals surface area contributed by atoms with Crippen LogP contribution in [0.25, 0.3) is 6.08 Å². The summed E-state index contributed by atoms with van der Waals surface area (Å²) in [6.45, 7) is 6.92. The Morgan fingerprint density at radius 3 is 2.56 bits per heavy atom. The van der Waals surface area contributed by atoms with E-state index < -0.39 is 0 Å². The first-order valence-electron chi connectivity index (χ1n) is 9.59. The number of fused-ring (bicyclic) bond motifs is 1. The predicted octanol–water partition coefficient (Wildman–Crippen LogP) is 4.55. The molecule has 2 aliphatic heterocycles. The number of carbonyl (C=O) groups excluding carboxylic acids is 1. The number of piperidine rings is 1. The molecule has 4 nitrogen and oxygen atoms in total. The van der Waals surface area contributed by atoms with Gasteiger partial charge in [-0.3, -0.25) is 9.69 Å². The summed E-state index contributed by atoms with van der Waals surface area (Å²) in [5, 5.41) is 10.4. The number of carbonyl (C=O) groups is 1. The molecule has 2 heterocycles. The summed E-state index contributed by atoms with van der Waals surface area (Å²) in [6, 6.07) is 11.2. The summed E-state index contributed by atoms with van der Waals surface area (Å²) < 4.78 is 5.95. The average Bonchev–Trinajstić information content (AvgIpc) is 2.97. The molecule has 4 rings (SSSR count). The molecule has 0 unspecified atom stereocenters. The molecule has 0 bridgehead atoms. The van der Waals surface area contributed by atoms with Gasteiger partial charge in [0.1, 0.15) is 11.5 Å². The number of phenols is 1. The summed E-state index contributed by atoms with van der Waals surface area (Å²) in [4.78, 5) is 15.1. The Balaban J connectivity index is 1.61. The second-order valence-corrected chi connectivity index (χ2v) is 7.75. The van der Waals surface area contributed by atoms with Crippen molar-refractivity contribution in [3.05, 3.63) is 64.4 Å². The Morgan fingerprint density at radius 1 is 1.15 bits per heavy atom. The van der Waals surface area contributed by atoms with Gasteiger partial charge in [0.05, 0.1) is 11.1 Å². The average molecular weight is 363 g/mol. The number of aromatic hydroxyl groups is 1. The standard InChI is InChI=1S/C23H25NO3/c1-15-3-5-17(6-4-15)13-21-22(26)18-7-8-20(25)19(23(18)27-21)14-24-11-9-16(2)10-12-24/h3-8,13,16,25H,9-12,14H2,1-2H3/b21-13-. The Labute approximate surface area is 160 Å². The lowest BCUT2D eigenvalue weighted by Crippen LogP contribution is -2.32. The Morgan fingerprint density at radius 2 is 1.85 bits per heavy atom. The van der Waals surface area contributed by atoms with Crippen molar-refractivity contribution >= 4 is 11.9 Å². The van der Waals surface area contributed by atoms with Gasteiger partial charge in [-0.05, 0) is 62.5 Å². The molecule has 0 aromatic heterocycles. The zero-order chi connectivity index (χ0) is 19.0. The van der Waals surface area contributed by atoms with E-state index in [0.717, 1.165) is 37.4 Å². The van der Waals surface area contributed by atoms with Crippen LogP contribution in [-0.2, 0) is 6.54 Å². The van der Waals surface area contributed by atoms with Crippen LogP contribution in [0.15, 0.2) is 42.2 Å². The molecule has 1 saturated heterocycles. The number of benzene rings is 2. The van der Waals surface area contributed by atoms with Gasteiger partial charge in [-0.1, -0.05) is 36.8 Å². The van der Waals surface area contributed by atoms with Crippen LogP contribution < -0.4 is 4.74 Å². The second-order valence-electron chi connectivity index (χ2n) is 7.75. The number of rotatable bonds is 3. The summed E-state index contributed by atoms with van der Waals surface area (Å²) in [5.41, 5.74) is 3.34. The maximum atomic E-state index is 12.8. The van der Waals surface area contributed by atoms with Crippen molar-refractivity contribution in [2.24, 2.45) is 5.92 Å². The number of hydrogen-bond donors (Lipinski definition) is 1. The van der Waals surface area contributed by atoms with Crippen LogP contribution in [0.2, 0.25) is 0 Å². The first kappa shape index (κ1) is 17.8. The highest BCUT2D eigenvalue weighted by Crippen LogP contribution is 2.40. The van der Waals surface area contributed by atoms with E-state index >= 15 is 0 Å². The zero-order valence-corrected chi connectivity index (χ0v) is 15.9. The summed E-state index contributed by atoms with van der Waals surface area (Å²) >= 11 is 0. The lowest BCUT2D eigenvalue weighted by Gasteiger charge is -2.30. The second kappa shape index (κ2) is 7.20. The lowest BCUT2D eigenvalue weighted by molar-refractivity contribution is 0.101. The fourth-order valence-corrected chi connectivity index (χ4v) is 3.71. The number of aryl methyl sites for hydroxylation is 1. The highest BCUT2D eigenvalue weighted by Gasteiger charge is 2.32. The Kier molecular flexibility index (Phi) is 4.75. The Hall–Kier alpha value is -2.59. The molecular weight excluding hydrogens is 338 g/mol. The maximum absolute atomic E-state index is 12.8. The van der Waals surface area contributed by atoms with Crippen molar-refractivity contribution in [1.29, 1.82) is 0 Å². The van der Waals surface area contributed by atoms with Crippen molar-refractivity contribution in [2.45, 2.75) is 33.2 Å². The number of likely N-dealkylation sites (tertiary alicyclic amines) is 1. The number of allylic oxidation sites excluding steroid dienone is 1. The number of Topliss-reactive ketones (excluding diaryl/α,β-unsaturated/α-hetero) is 1. The van der Waals surface area contributed by atoms with E-state index in [1.807, 2.05) is 31.2 Å². The van der Waals surface area contributed by atoms with Crippen LogP contribution in [0.4, 0.5) is 0 Å². The molecule has 2 aromatic carbocycles. The van der Waals surface area contributed by atoms with Crippen molar-refractivity contribution < 1.29 is 14.6 Å². The number of ether oxygens (including phenoxy) is 1. The van der Waals surface area contributed by atoms with Gasteiger partial charge in [0, 0.05) is 6.54 Å². The molecule has 1 N–H and O–H groups in total. The quantitative estimate of drug-likeness (QED) is 0.813. The fourth-order valence-electron chi connectivity index (χ4n) is 3.71. The summed E-state index contributed by atoms with van der Waals surface area (Å²) in [7, 11) is 0. The summed E-state index contributed by atoms with van der Waals surface area (Å²) in [6.07, 6.45) is 4.09. The molecule has 0 spiro atoms. The third-order valence-electron chi connectivity index (χ3n) is 5.55. The van der Waals surface area contributed by atoms with Crippen molar-refractivity contribution in [3.63, 3.8) is 0 Å². The maximum Gasteiger partial charge on any atom is 0.231 e. The van der Waals surface area contributed by atoms with Crippen molar-refractivity contribution in [1.82, 2.24) is 4.90 Å². The SMILES string of the molecule is Cc1ccc(/C=C2\Oc3c(ccc(O)c3CN3CCC(C)CC3)C2=O)cc1. The monoisotopic (exact) mass is 363 g/mol. The van der Waals surface area contributed by atoms with E-state index in [0.29, 0.717) is 29.2 Å². The lowest BCUT2D eigenvalue weighted by atomic mass is 9.98. The van der Waals surface area contributed by atoms with Gasteiger partial charge in [0.2, 0.25) is 5.78 Å². The van der Waals surface area contributed by atoms with Gasteiger partial charge < -0.3 is 9.84 Å². The number of hydrogen-bond acceptors (Lipinski definition) is 4. The number of ketones is 1. The van der Waals surface area contributed by atoms with Gasteiger partial charge in [-0.25, -0.2) is 0 Å². The number of nitrogens with zero attached hydrogens (tertiary/aromatic N) is 1. The van der Waals surface area contributed by atoms with E-state index in [4.69, 9.17) is 4.74 Å². The first-order chi connectivity index (χ1) is 13.0. The van der Waals surface area contributed by atoms with Crippen molar-refractivity contribution in [2.75, 3.05) is 13.1 Å². The molecule has 27 heavy (non-hydrogen) atoms. The molecule has 0 radical (unpaired) electrons. The van der Waals surface area contributed by atoms with E-state index in [1.54, 1.807) is 18.2 Å². The van der Waals surface area contributed by atoms with Gasteiger partial charge in [-0.2, -0.15) is 0 Å². The van der Waals surface area contributed by atoms with Crippen molar-refractivity contribution in [3.8, 4) is 11.5 Å². The molecule has 0 amide bonds. The third kappa shape index (κ3) is 3.62. The fraction of sp³-hybridized carbons (Fsp3) is 0.348. The molecule has 0 aliphatic carbocycles.